The van der Waals surface area contributed by atoms with E-state index in [2.05, 4.69) is 60.9 Å². The lowest BCUT2D eigenvalue weighted by Gasteiger charge is -2.19. The van der Waals surface area contributed by atoms with Crippen LogP contribution in [0.25, 0.3) is 0 Å². The molecule has 4 nitrogen and oxygen atoms in total. The van der Waals surface area contributed by atoms with Crippen molar-refractivity contribution in [3.63, 3.8) is 0 Å². The smallest absolute Gasteiger partial charge is 0.187 e. The van der Waals surface area contributed by atoms with Crippen LogP contribution in [0.2, 0.25) is 0 Å². The van der Waals surface area contributed by atoms with Crippen LogP contribution in [0.4, 0.5) is 0 Å². The predicted octanol–water partition coefficient (Wildman–Crippen LogP) is 3.35. The number of nitrogens with zero attached hydrogens (tertiary/aromatic N) is 1. The molecule has 0 aliphatic carbocycles. The third-order valence-corrected chi connectivity index (χ3v) is 4.24. The molecule has 0 radical (unpaired) electrons. The Kier molecular flexibility index (Phi) is 6.13. The van der Waals surface area contributed by atoms with Gasteiger partial charge in [0, 0.05) is 13.2 Å². The van der Waals surface area contributed by atoms with Gasteiger partial charge in [-0.15, -0.1) is 0 Å². The maximum atomic E-state index is 5.55. The molecule has 0 saturated carbocycles. The minimum atomic E-state index is 0.162. The van der Waals surface area contributed by atoms with Crippen molar-refractivity contribution in [2.75, 3.05) is 13.2 Å². The molecule has 2 rings (SSSR count). The Morgan fingerprint density at radius 1 is 1.30 bits per heavy atom. The molecule has 5 heteroatoms. The molecular weight excluding hydrogens is 306 g/mol. The van der Waals surface area contributed by atoms with Gasteiger partial charge in [-0.1, -0.05) is 45.0 Å². The van der Waals surface area contributed by atoms with E-state index >= 15 is 0 Å². The van der Waals surface area contributed by atoms with Crippen molar-refractivity contribution in [3.05, 3.63) is 35.4 Å². The van der Waals surface area contributed by atoms with Crippen molar-refractivity contribution >= 4 is 23.0 Å². The van der Waals surface area contributed by atoms with Gasteiger partial charge >= 0.3 is 0 Å². The first-order valence-corrected chi connectivity index (χ1v) is 8.58. The number of ether oxygens (including phenoxy) is 1. The molecule has 0 unspecified atom stereocenters. The van der Waals surface area contributed by atoms with Crippen LogP contribution in [0.3, 0.4) is 0 Å². The van der Waals surface area contributed by atoms with Crippen molar-refractivity contribution in [2.24, 2.45) is 5.10 Å². The van der Waals surface area contributed by atoms with E-state index in [1.807, 2.05) is 6.92 Å². The molecule has 0 aromatic heterocycles. The summed E-state index contributed by atoms with van der Waals surface area (Å²) in [5, 5.41) is 8.04. The Labute approximate surface area is 144 Å². The van der Waals surface area contributed by atoms with Gasteiger partial charge in [0.1, 0.15) is 0 Å². The van der Waals surface area contributed by atoms with Crippen LogP contribution in [0, 0.1) is 0 Å². The monoisotopic (exact) mass is 333 g/mol. The SMILES string of the molecule is C/C(=N/NC(=S)NC[C@H]1CCCO1)c1ccc(C(C)(C)C)cc1. The highest BCUT2D eigenvalue weighted by molar-refractivity contribution is 7.80. The molecule has 1 aromatic rings. The third-order valence-electron chi connectivity index (χ3n) is 4.01. The van der Waals surface area contributed by atoms with Gasteiger partial charge in [0.05, 0.1) is 11.8 Å². The summed E-state index contributed by atoms with van der Waals surface area (Å²) in [5.74, 6) is 0. The first-order chi connectivity index (χ1) is 10.9. The summed E-state index contributed by atoms with van der Waals surface area (Å²) in [6.45, 7) is 10.2. The van der Waals surface area contributed by atoms with E-state index in [4.69, 9.17) is 17.0 Å². The zero-order valence-corrected chi connectivity index (χ0v) is 15.3. The van der Waals surface area contributed by atoms with Gasteiger partial charge in [0.15, 0.2) is 5.11 Å². The van der Waals surface area contributed by atoms with Crippen molar-refractivity contribution in [3.8, 4) is 0 Å². The lowest BCUT2D eigenvalue weighted by atomic mass is 9.86. The van der Waals surface area contributed by atoms with Crippen LogP contribution in [0.1, 0.15) is 51.7 Å². The fourth-order valence-electron chi connectivity index (χ4n) is 2.46. The van der Waals surface area contributed by atoms with Crippen molar-refractivity contribution < 1.29 is 4.74 Å². The van der Waals surface area contributed by atoms with Crippen molar-refractivity contribution in [1.29, 1.82) is 0 Å². The van der Waals surface area contributed by atoms with Gasteiger partial charge in [0.2, 0.25) is 0 Å². The van der Waals surface area contributed by atoms with Gasteiger partial charge in [-0.05, 0) is 48.5 Å². The van der Waals surface area contributed by atoms with E-state index in [-0.39, 0.29) is 11.5 Å². The quantitative estimate of drug-likeness (QED) is 0.504. The molecule has 1 heterocycles. The minimum Gasteiger partial charge on any atom is -0.376 e. The van der Waals surface area contributed by atoms with E-state index in [1.54, 1.807) is 0 Å². The minimum absolute atomic E-state index is 0.162. The number of nitrogens with one attached hydrogen (secondary N) is 2. The number of hydrogen-bond donors (Lipinski definition) is 2. The Morgan fingerprint density at radius 2 is 2.00 bits per heavy atom. The molecule has 1 aliphatic rings. The number of rotatable bonds is 4. The predicted molar refractivity (Wildman–Crippen MR) is 100 cm³/mol. The molecule has 1 saturated heterocycles. The molecular formula is C18H27N3OS. The first kappa shape index (κ1) is 17.9. The Morgan fingerprint density at radius 3 is 2.57 bits per heavy atom. The standard InChI is InChI=1S/C18H27N3OS/c1-13(14-7-9-15(10-8-14)18(2,3)4)20-21-17(23)19-12-16-6-5-11-22-16/h7-10,16H,5-6,11-12H2,1-4H3,(H2,19,21,23)/b20-13-/t16-/m1/s1. The number of hydrogen-bond acceptors (Lipinski definition) is 3. The molecule has 1 aromatic carbocycles. The summed E-state index contributed by atoms with van der Waals surface area (Å²) in [7, 11) is 0. The number of hydrazone groups is 1. The largest absolute Gasteiger partial charge is 0.376 e. The number of benzene rings is 1. The van der Waals surface area contributed by atoms with Gasteiger partial charge in [0.25, 0.3) is 0 Å². The van der Waals surface area contributed by atoms with Crippen LogP contribution in [0.15, 0.2) is 29.4 Å². The third kappa shape index (κ3) is 5.59. The summed E-state index contributed by atoms with van der Waals surface area (Å²) < 4.78 is 5.55. The second-order valence-corrected chi connectivity index (χ2v) is 7.39. The molecule has 23 heavy (non-hydrogen) atoms. The fourth-order valence-corrected chi connectivity index (χ4v) is 2.59. The molecule has 2 N–H and O–H groups in total. The Bertz CT molecular complexity index is 555. The van der Waals surface area contributed by atoms with Crippen LogP contribution >= 0.6 is 12.2 Å². The summed E-state index contributed by atoms with van der Waals surface area (Å²) >= 11 is 5.24. The van der Waals surface area contributed by atoms with Crippen molar-refractivity contribution in [2.45, 2.75) is 52.1 Å². The average Bonchev–Trinajstić information content (AvgIpc) is 3.03. The van der Waals surface area contributed by atoms with Gasteiger partial charge in [-0.3, -0.25) is 5.43 Å². The summed E-state index contributed by atoms with van der Waals surface area (Å²) in [4.78, 5) is 0. The second-order valence-electron chi connectivity index (χ2n) is 6.98. The highest BCUT2D eigenvalue weighted by atomic mass is 32.1. The molecule has 0 spiro atoms. The molecule has 1 aliphatic heterocycles. The lowest BCUT2D eigenvalue weighted by Crippen LogP contribution is -2.37. The van der Waals surface area contributed by atoms with E-state index < -0.39 is 0 Å². The molecule has 126 valence electrons. The Hall–Kier alpha value is -1.46. The topological polar surface area (TPSA) is 45.7 Å². The molecule has 0 bridgehead atoms. The average molecular weight is 334 g/mol. The lowest BCUT2D eigenvalue weighted by molar-refractivity contribution is 0.114. The summed E-state index contributed by atoms with van der Waals surface area (Å²) in [6.07, 6.45) is 2.50. The van der Waals surface area contributed by atoms with Gasteiger partial charge in [-0.2, -0.15) is 5.10 Å². The van der Waals surface area contributed by atoms with Crippen LogP contribution in [0.5, 0.6) is 0 Å². The zero-order chi connectivity index (χ0) is 16.9. The summed E-state index contributed by atoms with van der Waals surface area (Å²) in [5.41, 5.74) is 6.38. The molecule has 1 atom stereocenters. The highest BCUT2D eigenvalue weighted by Gasteiger charge is 2.15. The van der Waals surface area contributed by atoms with Crippen LogP contribution in [-0.2, 0) is 10.2 Å². The Balaban J connectivity index is 1.85. The summed E-state index contributed by atoms with van der Waals surface area (Å²) in [6, 6.07) is 8.51. The van der Waals surface area contributed by atoms with Crippen LogP contribution in [-0.4, -0.2) is 30.1 Å². The number of thiocarbonyl (C=S) groups is 1. The molecule has 1 fully saturated rings. The second kappa shape index (κ2) is 7.88. The maximum absolute atomic E-state index is 5.55. The van der Waals surface area contributed by atoms with E-state index in [0.717, 1.165) is 37.3 Å². The maximum Gasteiger partial charge on any atom is 0.187 e. The van der Waals surface area contributed by atoms with E-state index in [0.29, 0.717) is 5.11 Å². The highest BCUT2D eigenvalue weighted by Crippen LogP contribution is 2.22. The van der Waals surface area contributed by atoms with Gasteiger partial charge in [-0.25, -0.2) is 0 Å². The molecule has 0 amide bonds. The van der Waals surface area contributed by atoms with Crippen molar-refractivity contribution in [1.82, 2.24) is 10.7 Å². The normalized spacial score (nSPS) is 18.8. The van der Waals surface area contributed by atoms with E-state index in [9.17, 15) is 0 Å². The fraction of sp³-hybridized carbons (Fsp3) is 0.556. The van der Waals surface area contributed by atoms with Crippen LogP contribution < -0.4 is 10.7 Å². The van der Waals surface area contributed by atoms with E-state index in [1.165, 1.54) is 5.56 Å². The zero-order valence-electron chi connectivity index (χ0n) is 14.5. The van der Waals surface area contributed by atoms with Gasteiger partial charge < -0.3 is 10.1 Å². The first-order valence-electron chi connectivity index (χ1n) is 8.17.